The number of hydrogen-bond acceptors (Lipinski definition) is 4. The molecule has 1 aliphatic heterocycles. The third-order valence-electron chi connectivity index (χ3n) is 7.11. The normalized spacial score (nSPS) is 24.9. The van der Waals surface area contributed by atoms with Crippen LogP contribution in [0.15, 0.2) is 48.5 Å². The summed E-state index contributed by atoms with van der Waals surface area (Å²) in [5.41, 5.74) is -1.11. The largest absolute Gasteiger partial charge is 0.416 e. The molecular weight excluding hydrogens is 495 g/mol. The van der Waals surface area contributed by atoms with Gasteiger partial charge in [-0.3, -0.25) is 14.5 Å². The number of nitrogens with zero attached hydrogens (tertiary/aromatic N) is 1. The molecule has 4 rings (SSSR count). The van der Waals surface area contributed by atoms with E-state index in [1.165, 1.54) is 6.07 Å². The van der Waals surface area contributed by atoms with Gasteiger partial charge in [0.2, 0.25) is 5.91 Å². The van der Waals surface area contributed by atoms with Crippen molar-refractivity contribution in [3.8, 4) is 0 Å². The fourth-order valence-corrected chi connectivity index (χ4v) is 5.32. The Bertz CT molecular complexity index is 1100. The zero-order chi connectivity index (χ0) is 25.9. The molecule has 1 saturated heterocycles. The maximum Gasteiger partial charge on any atom is 0.416 e. The summed E-state index contributed by atoms with van der Waals surface area (Å²) in [5.74, 6) is -1.13. The number of amides is 2. The molecular formula is C26H29ClF3N3O3. The molecule has 1 heterocycles. The molecule has 0 spiro atoms. The van der Waals surface area contributed by atoms with E-state index in [9.17, 15) is 27.9 Å². The molecule has 0 unspecified atom stereocenters. The van der Waals surface area contributed by atoms with Crippen molar-refractivity contribution in [3.63, 3.8) is 0 Å². The van der Waals surface area contributed by atoms with Crippen molar-refractivity contribution in [1.29, 1.82) is 0 Å². The Kier molecular flexibility index (Phi) is 7.92. The highest BCUT2D eigenvalue weighted by atomic mass is 35.5. The van der Waals surface area contributed by atoms with E-state index < -0.39 is 23.2 Å². The van der Waals surface area contributed by atoms with Gasteiger partial charge < -0.3 is 15.7 Å². The highest BCUT2D eigenvalue weighted by Gasteiger charge is 2.38. The summed E-state index contributed by atoms with van der Waals surface area (Å²) in [5, 5.41) is 17.0. The van der Waals surface area contributed by atoms with Crippen LogP contribution in [-0.4, -0.2) is 53.5 Å². The van der Waals surface area contributed by atoms with Crippen LogP contribution in [0.5, 0.6) is 0 Å². The smallest absolute Gasteiger partial charge is 0.385 e. The third-order valence-corrected chi connectivity index (χ3v) is 7.34. The van der Waals surface area contributed by atoms with Crippen LogP contribution >= 0.6 is 11.6 Å². The van der Waals surface area contributed by atoms with Crippen LogP contribution in [0.3, 0.4) is 0 Å². The number of likely N-dealkylation sites (tertiary alicyclic amines) is 1. The summed E-state index contributed by atoms with van der Waals surface area (Å²) >= 11 is 6.09. The van der Waals surface area contributed by atoms with Gasteiger partial charge in [-0.2, -0.15) is 13.2 Å². The number of carbonyl (C=O) groups excluding carboxylic acids is 2. The summed E-state index contributed by atoms with van der Waals surface area (Å²) < 4.78 is 38.6. The van der Waals surface area contributed by atoms with Gasteiger partial charge >= 0.3 is 6.18 Å². The molecule has 36 heavy (non-hydrogen) atoms. The molecule has 3 N–H and O–H groups in total. The SMILES string of the molecule is O=C(CNC(=O)c1cccc(C(F)(F)F)c1)N[C@@H]1CCN(C2CCC(O)(c3cccc(Cl)c3)CC2)C1. The fourth-order valence-electron chi connectivity index (χ4n) is 5.13. The van der Waals surface area contributed by atoms with Gasteiger partial charge in [-0.15, -0.1) is 0 Å². The van der Waals surface area contributed by atoms with Crippen LogP contribution in [0, 0.1) is 0 Å². The number of alkyl halides is 3. The number of benzene rings is 2. The molecule has 2 aliphatic rings. The van der Waals surface area contributed by atoms with Gasteiger partial charge in [0.1, 0.15) is 0 Å². The van der Waals surface area contributed by atoms with Gasteiger partial charge in [0.05, 0.1) is 17.7 Å². The molecule has 2 aromatic carbocycles. The lowest BCUT2D eigenvalue weighted by Crippen LogP contribution is -2.45. The summed E-state index contributed by atoms with van der Waals surface area (Å²) in [4.78, 5) is 26.9. The van der Waals surface area contributed by atoms with Gasteiger partial charge in [-0.05, 0) is 68.0 Å². The van der Waals surface area contributed by atoms with Gasteiger partial charge in [0.25, 0.3) is 5.91 Å². The zero-order valence-electron chi connectivity index (χ0n) is 19.7. The average molecular weight is 524 g/mol. The number of hydrogen-bond donors (Lipinski definition) is 3. The summed E-state index contributed by atoms with van der Waals surface area (Å²) in [6.07, 6.45) is -0.857. The van der Waals surface area contributed by atoms with Crippen LogP contribution < -0.4 is 10.6 Å². The predicted molar refractivity (Wildman–Crippen MR) is 130 cm³/mol. The van der Waals surface area contributed by atoms with E-state index in [1.807, 2.05) is 18.2 Å². The van der Waals surface area contributed by atoms with E-state index in [0.29, 0.717) is 30.5 Å². The van der Waals surface area contributed by atoms with Crippen LogP contribution in [0.25, 0.3) is 0 Å². The summed E-state index contributed by atoms with van der Waals surface area (Å²) in [6.45, 7) is 1.18. The minimum atomic E-state index is -4.55. The Balaban J connectivity index is 1.22. The Hall–Kier alpha value is -2.62. The molecule has 0 radical (unpaired) electrons. The van der Waals surface area contributed by atoms with E-state index in [2.05, 4.69) is 15.5 Å². The second-order valence-corrected chi connectivity index (χ2v) is 10.0. The standard InChI is InChI=1S/C26H29ClF3N3O3/c27-20-6-2-4-18(14-20)25(36)10-7-22(8-11-25)33-12-9-21(16-33)32-23(34)15-31-24(35)17-3-1-5-19(13-17)26(28,29)30/h1-6,13-14,21-22,36H,7-12,15-16H2,(H,31,35)(H,32,34)/t21-,22?,25?/m1/s1. The van der Waals surface area contributed by atoms with Crippen molar-refractivity contribution >= 4 is 23.4 Å². The molecule has 10 heteroatoms. The zero-order valence-corrected chi connectivity index (χ0v) is 20.4. The van der Waals surface area contributed by atoms with E-state index >= 15 is 0 Å². The first kappa shape index (κ1) is 26.4. The van der Waals surface area contributed by atoms with Crippen molar-refractivity contribution in [2.45, 2.75) is 56.0 Å². The lowest BCUT2D eigenvalue weighted by atomic mass is 9.77. The molecule has 1 saturated carbocycles. The summed E-state index contributed by atoms with van der Waals surface area (Å²) in [6, 6.07) is 11.7. The molecule has 2 aromatic rings. The van der Waals surface area contributed by atoms with Gasteiger partial charge in [0, 0.05) is 35.8 Å². The molecule has 2 amide bonds. The maximum absolute atomic E-state index is 12.9. The first-order chi connectivity index (χ1) is 17.0. The molecule has 6 nitrogen and oxygen atoms in total. The van der Waals surface area contributed by atoms with E-state index in [1.54, 1.807) is 6.07 Å². The Labute approximate surface area is 212 Å². The van der Waals surface area contributed by atoms with E-state index in [0.717, 1.165) is 49.6 Å². The van der Waals surface area contributed by atoms with Crippen molar-refractivity contribution in [1.82, 2.24) is 15.5 Å². The van der Waals surface area contributed by atoms with Crippen LogP contribution in [0.1, 0.15) is 53.6 Å². The van der Waals surface area contributed by atoms with Gasteiger partial charge in [0.15, 0.2) is 0 Å². The third kappa shape index (κ3) is 6.38. The highest BCUT2D eigenvalue weighted by Crippen LogP contribution is 2.40. The first-order valence-corrected chi connectivity index (χ1v) is 12.4. The monoisotopic (exact) mass is 523 g/mol. The number of aliphatic hydroxyl groups is 1. The van der Waals surface area contributed by atoms with Crippen LogP contribution in [0.4, 0.5) is 13.2 Å². The first-order valence-electron chi connectivity index (χ1n) is 12.0. The second-order valence-electron chi connectivity index (χ2n) is 9.58. The number of nitrogens with one attached hydrogen (secondary N) is 2. The lowest BCUT2D eigenvalue weighted by molar-refractivity contribution is -0.137. The topological polar surface area (TPSA) is 81.7 Å². The van der Waals surface area contributed by atoms with Crippen LogP contribution in [-0.2, 0) is 16.6 Å². The predicted octanol–water partition coefficient (Wildman–Crippen LogP) is 4.11. The number of halogens is 4. The van der Waals surface area contributed by atoms with Crippen LogP contribution in [0.2, 0.25) is 5.02 Å². The molecule has 1 atom stereocenters. The molecule has 1 aliphatic carbocycles. The minimum absolute atomic E-state index is 0.0725. The maximum atomic E-state index is 12.9. The fraction of sp³-hybridized carbons (Fsp3) is 0.462. The quantitative estimate of drug-likeness (QED) is 0.532. The van der Waals surface area contributed by atoms with Crippen molar-refractivity contribution < 1.29 is 27.9 Å². The lowest BCUT2D eigenvalue weighted by Gasteiger charge is -2.40. The number of carbonyl (C=O) groups is 2. The van der Waals surface area contributed by atoms with Gasteiger partial charge in [-0.25, -0.2) is 0 Å². The Morgan fingerprint density at radius 1 is 1.08 bits per heavy atom. The van der Waals surface area contributed by atoms with E-state index in [-0.39, 0.29) is 24.1 Å². The molecule has 0 aromatic heterocycles. The van der Waals surface area contributed by atoms with Crippen molar-refractivity contribution in [2.24, 2.45) is 0 Å². The molecule has 194 valence electrons. The van der Waals surface area contributed by atoms with E-state index in [4.69, 9.17) is 11.6 Å². The van der Waals surface area contributed by atoms with Crippen molar-refractivity contribution in [3.05, 3.63) is 70.2 Å². The number of rotatable bonds is 6. The minimum Gasteiger partial charge on any atom is -0.385 e. The Morgan fingerprint density at radius 2 is 1.81 bits per heavy atom. The Morgan fingerprint density at radius 3 is 2.50 bits per heavy atom. The van der Waals surface area contributed by atoms with Crippen molar-refractivity contribution in [2.75, 3.05) is 19.6 Å². The average Bonchev–Trinajstić information content (AvgIpc) is 3.31. The van der Waals surface area contributed by atoms with Gasteiger partial charge in [-0.1, -0.05) is 29.8 Å². The highest BCUT2D eigenvalue weighted by molar-refractivity contribution is 6.30. The second kappa shape index (κ2) is 10.8. The summed E-state index contributed by atoms with van der Waals surface area (Å²) in [7, 11) is 0. The molecule has 2 fully saturated rings. The molecule has 0 bridgehead atoms.